The van der Waals surface area contributed by atoms with E-state index >= 15 is 0 Å². The molecule has 1 aliphatic carbocycles. The summed E-state index contributed by atoms with van der Waals surface area (Å²) < 4.78 is 4.76. The molecular formula is C13H19N3O3S. The fourth-order valence-electron chi connectivity index (χ4n) is 2.33. The molecule has 7 heteroatoms. The second-order valence-corrected chi connectivity index (χ2v) is 6.06. The summed E-state index contributed by atoms with van der Waals surface area (Å²) in [5, 5.41) is 0.648. The molecule has 1 aliphatic rings. The summed E-state index contributed by atoms with van der Waals surface area (Å²) in [6, 6.07) is 0. The minimum atomic E-state index is -0.624. The maximum Gasteiger partial charge on any atom is 0.343 e. The molecule has 1 amide bonds. The van der Waals surface area contributed by atoms with Gasteiger partial charge in [0.25, 0.3) is 5.91 Å². The van der Waals surface area contributed by atoms with Gasteiger partial charge in [0.1, 0.15) is 15.4 Å². The van der Waals surface area contributed by atoms with E-state index in [1.54, 1.807) is 0 Å². The van der Waals surface area contributed by atoms with Crippen LogP contribution in [0, 0.1) is 5.92 Å². The number of thiophene rings is 1. The summed E-state index contributed by atoms with van der Waals surface area (Å²) in [6.45, 7) is 0.835. The summed E-state index contributed by atoms with van der Waals surface area (Å²) in [5.41, 5.74) is 11.5. The molecule has 110 valence electrons. The third-order valence-electron chi connectivity index (χ3n) is 3.64. The Kier molecular flexibility index (Phi) is 4.17. The summed E-state index contributed by atoms with van der Waals surface area (Å²) in [4.78, 5) is 25.5. The van der Waals surface area contributed by atoms with Crippen LogP contribution in [0.1, 0.15) is 39.3 Å². The third-order valence-corrected chi connectivity index (χ3v) is 4.98. The topological polar surface area (TPSA) is 98.6 Å². The highest BCUT2D eigenvalue weighted by Crippen LogP contribution is 2.39. The number of rotatable bonds is 5. The molecule has 1 aromatic rings. The van der Waals surface area contributed by atoms with Gasteiger partial charge in [-0.3, -0.25) is 4.79 Å². The van der Waals surface area contributed by atoms with Gasteiger partial charge < -0.3 is 21.1 Å². The number of nitrogens with two attached hydrogens (primary N) is 2. The molecule has 0 aliphatic heterocycles. The number of hydrogen-bond donors (Lipinski definition) is 2. The Hall–Kier alpha value is -1.76. The summed E-state index contributed by atoms with van der Waals surface area (Å²) in [6.07, 6.45) is 3.64. The number of primary amides is 1. The highest BCUT2D eigenvalue weighted by molar-refractivity contribution is 7.19. The quantitative estimate of drug-likeness (QED) is 0.801. The van der Waals surface area contributed by atoms with Crippen molar-refractivity contribution in [2.24, 2.45) is 11.7 Å². The Morgan fingerprint density at radius 3 is 2.55 bits per heavy atom. The molecule has 0 spiro atoms. The van der Waals surface area contributed by atoms with Gasteiger partial charge in [0.2, 0.25) is 0 Å². The van der Waals surface area contributed by atoms with E-state index < -0.39 is 11.9 Å². The Labute approximate surface area is 121 Å². The fourth-order valence-corrected chi connectivity index (χ4v) is 3.36. The molecule has 0 aromatic carbocycles. The van der Waals surface area contributed by atoms with Gasteiger partial charge >= 0.3 is 5.97 Å². The smallest absolute Gasteiger partial charge is 0.343 e. The Morgan fingerprint density at radius 1 is 1.45 bits per heavy atom. The number of carbonyl (C=O) groups excluding carboxylic acids is 2. The highest BCUT2D eigenvalue weighted by atomic mass is 32.1. The van der Waals surface area contributed by atoms with Crippen molar-refractivity contribution in [3.8, 4) is 0 Å². The van der Waals surface area contributed by atoms with Crippen LogP contribution in [0.15, 0.2) is 0 Å². The first kappa shape index (κ1) is 14.6. The van der Waals surface area contributed by atoms with Crippen LogP contribution in [-0.4, -0.2) is 32.6 Å². The predicted molar refractivity (Wildman–Crippen MR) is 79.2 cm³/mol. The highest BCUT2D eigenvalue weighted by Gasteiger charge is 2.28. The molecule has 20 heavy (non-hydrogen) atoms. The second kappa shape index (κ2) is 5.70. The molecule has 4 N–H and O–H groups in total. The first-order valence-corrected chi connectivity index (χ1v) is 7.28. The van der Waals surface area contributed by atoms with Crippen LogP contribution in [0.4, 0.5) is 10.7 Å². The molecule has 0 saturated heterocycles. The summed E-state index contributed by atoms with van der Waals surface area (Å²) in [5.74, 6) is -0.534. The lowest BCUT2D eigenvalue weighted by molar-refractivity contribution is 0.0603. The van der Waals surface area contributed by atoms with Crippen molar-refractivity contribution in [2.75, 3.05) is 31.3 Å². The lowest BCUT2D eigenvalue weighted by Gasteiger charge is -2.30. The molecule has 0 bridgehead atoms. The van der Waals surface area contributed by atoms with Gasteiger partial charge in [-0.25, -0.2) is 4.79 Å². The van der Waals surface area contributed by atoms with Crippen LogP contribution in [0.25, 0.3) is 0 Å². The van der Waals surface area contributed by atoms with E-state index in [9.17, 15) is 9.59 Å². The summed E-state index contributed by atoms with van der Waals surface area (Å²) in [7, 11) is 3.18. The van der Waals surface area contributed by atoms with Crippen LogP contribution in [0.3, 0.4) is 0 Å². The molecule has 6 nitrogen and oxygen atoms in total. The summed E-state index contributed by atoms with van der Waals surface area (Å²) >= 11 is 1.15. The fraction of sp³-hybridized carbons (Fsp3) is 0.538. The van der Waals surface area contributed by atoms with E-state index in [0.717, 1.165) is 17.9 Å². The van der Waals surface area contributed by atoms with Gasteiger partial charge in [-0.15, -0.1) is 11.3 Å². The predicted octanol–water partition coefficient (Wildman–Crippen LogP) is 1.45. The minimum Gasteiger partial charge on any atom is -0.465 e. The number of hydrogen-bond acceptors (Lipinski definition) is 6. The molecule has 2 rings (SSSR count). The van der Waals surface area contributed by atoms with Crippen LogP contribution in [0.5, 0.6) is 0 Å². The maximum absolute atomic E-state index is 11.9. The average Bonchev–Trinajstić information content (AvgIpc) is 2.70. The number of esters is 1. The average molecular weight is 297 g/mol. The van der Waals surface area contributed by atoms with Gasteiger partial charge in [-0.1, -0.05) is 6.42 Å². The SMILES string of the molecule is COC(=O)c1c(N(C)CC2CCC2)sc(C(N)=O)c1N. The number of anilines is 2. The van der Waals surface area contributed by atoms with Crippen LogP contribution in [-0.2, 0) is 4.74 Å². The van der Waals surface area contributed by atoms with E-state index in [2.05, 4.69) is 0 Å². The Balaban J connectivity index is 2.36. The Morgan fingerprint density at radius 2 is 2.10 bits per heavy atom. The van der Waals surface area contributed by atoms with E-state index in [0.29, 0.717) is 10.9 Å². The molecule has 0 unspecified atom stereocenters. The van der Waals surface area contributed by atoms with Gasteiger partial charge in [-0.05, 0) is 18.8 Å². The zero-order valence-corrected chi connectivity index (χ0v) is 12.5. The first-order chi connectivity index (χ1) is 9.45. The maximum atomic E-state index is 11.9. The number of nitrogen functional groups attached to an aromatic ring is 1. The van der Waals surface area contributed by atoms with Crippen molar-refractivity contribution in [3.05, 3.63) is 10.4 Å². The van der Waals surface area contributed by atoms with Crippen molar-refractivity contribution >= 4 is 33.9 Å². The molecule has 1 saturated carbocycles. The monoisotopic (exact) mass is 297 g/mol. The van der Waals surface area contributed by atoms with E-state index in [1.165, 1.54) is 26.4 Å². The number of carbonyl (C=O) groups is 2. The Bertz CT molecular complexity index is 537. The van der Waals surface area contributed by atoms with Crippen molar-refractivity contribution in [3.63, 3.8) is 0 Å². The molecule has 1 heterocycles. The van der Waals surface area contributed by atoms with E-state index in [-0.39, 0.29) is 16.1 Å². The van der Waals surface area contributed by atoms with Crippen molar-refractivity contribution < 1.29 is 14.3 Å². The van der Waals surface area contributed by atoms with E-state index in [4.69, 9.17) is 16.2 Å². The molecule has 0 radical (unpaired) electrons. The number of ether oxygens (including phenoxy) is 1. The van der Waals surface area contributed by atoms with E-state index in [1.807, 2.05) is 11.9 Å². The van der Waals surface area contributed by atoms with Crippen molar-refractivity contribution in [1.29, 1.82) is 0 Å². The van der Waals surface area contributed by atoms with Gasteiger partial charge in [-0.2, -0.15) is 0 Å². The molecule has 0 atom stereocenters. The largest absolute Gasteiger partial charge is 0.465 e. The minimum absolute atomic E-state index is 0.116. The van der Waals surface area contributed by atoms with Crippen LogP contribution >= 0.6 is 11.3 Å². The van der Waals surface area contributed by atoms with Gasteiger partial charge in [0.05, 0.1) is 12.8 Å². The van der Waals surface area contributed by atoms with Crippen LogP contribution < -0.4 is 16.4 Å². The zero-order valence-electron chi connectivity index (χ0n) is 11.6. The third kappa shape index (κ3) is 2.58. The van der Waals surface area contributed by atoms with Gasteiger partial charge in [0, 0.05) is 13.6 Å². The number of methoxy groups -OCH3 is 1. The first-order valence-electron chi connectivity index (χ1n) is 6.47. The molecule has 1 aromatic heterocycles. The standard InChI is InChI=1S/C13H19N3O3S/c1-16(6-7-4-3-5-7)12-8(13(18)19-2)9(14)10(20-12)11(15)17/h7H,3-6,14H2,1-2H3,(H2,15,17). The number of amides is 1. The lowest BCUT2D eigenvalue weighted by Crippen LogP contribution is -2.29. The molecular weight excluding hydrogens is 278 g/mol. The zero-order chi connectivity index (χ0) is 14.9. The second-order valence-electron chi connectivity index (χ2n) is 5.06. The van der Waals surface area contributed by atoms with Crippen molar-refractivity contribution in [1.82, 2.24) is 0 Å². The van der Waals surface area contributed by atoms with Crippen LogP contribution in [0.2, 0.25) is 0 Å². The number of nitrogens with zero attached hydrogens (tertiary/aromatic N) is 1. The van der Waals surface area contributed by atoms with Gasteiger partial charge in [0.15, 0.2) is 0 Å². The molecule has 1 fully saturated rings. The van der Waals surface area contributed by atoms with Crippen molar-refractivity contribution in [2.45, 2.75) is 19.3 Å². The lowest BCUT2D eigenvalue weighted by atomic mass is 9.85. The normalized spacial score (nSPS) is 14.7.